The van der Waals surface area contributed by atoms with Gasteiger partial charge in [-0.1, -0.05) is 29.8 Å². The van der Waals surface area contributed by atoms with Gasteiger partial charge in [0.15, 0.2) is 0 Å². The van der Waals surface area contributed by atoms with Crippen LogP contribution in [-0.4, -0.2) is 40.7 Å². The summed E-state index contributed by atoms with van der Waals surface area (Å²) in [4.78, 5) is 14.6. The van der Waals surface area contributed by atoms with E-state index in [4.69, 9.17) is 11.6 Å². The van der Waals surface area contributed by atoms with Crippen LogP contribution in [0.1, 0.15) is 17.0 Å². The van der Waals surface area contributed by atoms with Crippen molar-refractivity contribution in [3.63, 3.8) is 0 Å². The van der Waals surface area contributed by atoms with Crippen molar-refractivity contribution < 1.29 is 4.79 Å². The van der Waals surface area contributed by atoms with Crippen LogP contribution < -0.4 is 5.32 Å². The maximum atomic E-state index is 12.9. The van der Waals surface area contributed by atoms with Crippen LogP contribution in [0.4, 0.5) is 0 Å². The van der Waals surface area contributed by atoms with Crippen LogP contribution in [0.2, 0.25) is 5.02 Å². The molecule has 0 aliphatic carbocycles. The number of hydrogen-bond acceptors (Lipinski definition) is 3. The number of benzene rings is 1. The number of aryl methyl sites for hydroxylation is 1. The third kappa shape index (κ3) is 3.91. The molecule has 2 heterocycles. The normalized spacial score (nSPS) is 19.8. The Morgan fingerprint density at radius 3 is 2.83 bits per heavy atom. The maximum Gasteiger partial charge on any atom is 0.227 e. The molecule has 130 valence electrons. The van der Waals surface area contributed by atoms with Gasteiger partial charge in [0.25, 0.3) is 0 Å². The average Bonchev–Trinajstić information content (AvgIpc) is 3.17. The molecule has 1 aliphatic rings. The van der Waals surface area contributed by atoms with E-state index in [0.29, 0.717) is 18.1 Å². The van der Waals surface area contributed by atoms with Crippen molar-refractivity contribution in [3.05, 3.63) is 52.8 Å². The van der Waals surface area contributed by atoms with Crippen molar-refractivity contribution in [1.29, 1.82) is 0 Å². The standard InChI is InChI=1S/C17H21ClN4O.ClH/c1-21(10-12-5-3-4-6-16(12)18)17(23)15-9-19-8-14(15)13-7-20-22(2)11-13;/h3-7,11,14-15,19H,8-10H2,1-2H3;1H/t14-,15+;/m1./s1. The third-order valence-corrected chi connectivity index (χ3v) is 4.79. The van der Waals surface area contributed by atoms with Crippen molar-refractivity contribution in [2.75, 3.05) is 20.1 Å². The number of nitrogens with one attached hydrogen (secondary N) is 1. The first kappa shape index (κ1) is 18.8. The number of carbonyl (C=O) groups is 1. The van der Waals surface area contributed by atoms with Gasteiger partial charge in [-0.3, -0.25) is 9.48 Å². The Labute approximate surface area is 153 Å². The second-order valence-electron chi connectivity index (χ2n) is 6.10. The first-order valence-electron chi connectivity index (χ1n) is 7.74. The van der Waals surface area contributed by atoms with Gasteiger partial charge in [-0.05, 0) is 17.2 Å². The van der Waals surface area contributed by atoms with Gasteiger partial charge < -0.3 is 10.2 Å². The van der Waals surface area contributed by atoms with E-state index >= 15 is 0 Å². The van der Waals surface area contributed by atoms with Crippen LogP contribution in [0.3, 0.4) is 0 Å². The van der Waals surface area contributed by atoms with Gasteiger partial charge in [0.1, 0.15) is 0 Å². The van der Waals surface area contributed by atoms with Crippen LogP contribution in [0.15, 0.2) is 36.7 Å². The Hall–Kier alpha value is -1.56. The molecular formula is C17H22Cl2N4O. The second kappa shape index (κ2) is 8.01. The zero-order chi connectivity index (χ0) is 16.4. The fourth-order valence-electron chi connectivity index (χ4n) is 3.16. The highest BCUT2D eigenvalue weighted by Gasteiger charge is 2.36. The van der Waals surface area contributed by atoms with Crippen LogP contribution in [0.25, 0.3) is 0 Å². The molecule has 24 heavy (non-hydrogen) atoms. The molecule has 0 radical (unpaired) electrons. The molecular weight excluding hydrogens is 347 g/mol. The predicted octanol–water partition coefficient (Wildman–Crippen LogP) is 2.46. The molecule has 1 aromatic heterocycles. The first-order valence-corrected chi connectivity index (χ1v) is 8.11. The first-order chi connectivity index (χ1) is 11.1. The zero-order valence-corrected chi connectivity index (χ0v) is 15.3. The summed E-state index contributed by atoms with van der Waals surface area (Å²) in [5, 5.41) is 8.25. The lowest BCUT2D eigenvalue weighted by Crippen LogP contribution is -2.35. The Balaban J connectivity index is 0.00000208. The summed E-state index contributed by atoms with van der Waals surface area (Å²) in [5.74, 6) is 0.250. The number of aromatic nitrogens is 2. The lowest BCUT2D eigenvalue weighted by atomic mass is 9.90. The minimum Gasteiger partial charge on any atom is -0.341 e. The molecule has 2 atom stereocenters. The van der Waals surface area contributed by atoms with E-state index in [1.807, 2.05) is 50.8 Å². The Morgan fingerprint density at radius 2 is 2.17 bits per heavy atom. The van der Waals surface area contributed by atoms with Crippen LogP contribution in [0.5, 0.6) is 0 Å². The van der Waals surface area contributed by atoms with E-state index in [0.717, 1.165) is 17.7 Å². The summed E-state index contributed by atoms with van der Waals surface area (Å²) in [6.45, 7) is 2.03. The molecule has 0 saturated carbocycles. The van der Waals surface area contributed by atoms with Gasteiger partial charge in [0, 0.05) is 50.9 Å². The number of nitrogens with zero attached hydrogens (tertiary/aromatic N) is 3. The molecule has 1 aliphatic heterocycles. The summed E-state index contributed by atoms with van der Waals surface area (Å²) in [5.41, 5.74) is 2.08. The van der Waals surface area contributed by atoms with Gasteiger partial charge in [-0.2, -0.15) is 5.10 Å². The Kier molecular flexibility index (Phi) is 6.27. The summed E-state index contributed by atoms with van der Waals surface area (Å²) in [6, 6.07) is 7.64. The number of carbonyl (C=O) groups excluding carboxylic acids is 1. The molecule has 2 aromatic rings. The molecule has 0 unspecified atom stereocenters. The summed E-state index contributed by atoms with van der Waals surface area (Å²) in [7, 11) is 3.73. The van der Waals surface area contributed by atoms with E-state index in [1.165, 1.54) is 0 Å². The SMILES string of the molecule is CN(Cc1ccccc1Cl)C(=O)[C@H]1CNC[C@@H]1c1cnn(C)c1.Cl. The van der Waals surface area contributed by atoms with Gasteiger partial charge in [-0.15, -0.1) is 12.4 Å². The number of halogens is 2. The summed E-state index contributed by atoms with van der Waals surface area (Å²) in [6.07, 6.45) is 3.85. The monoisotopic (exact) mass is 368 g/mol. The van der Waals surface area contributed by atoms with Crippen LogP contribution >= 0.6 is 24.0 Å². The topological polar surface area (TPSA) is 50.2 Å². The van der Waals surface area contributed by atoms with Crippen molar-refractivity contribution in [2.45, 2.75) is 12.5 Å². The smallest absolute Gasteiger partial charge is 0.227 e. The highest BCUT2D eigenvalue weighted by atomic mass is 35.5. The van der Waals surface area contributed by atoms with E-state index < -0.39 is 0 Å². The molecule has 5 nitrogen and oxygen atoms in total. The number of rotatable bonds is 4. The van der Waals surface area contributed by atoms with Crippen molar-refractivity contribution in [2.24, 2.45) is 13.0 Å². The van der Waals surface area contributed by atoms with Crippen LogP contribution in [-0.2, 0) is 18.4 Å². The van der Waals surface area contributed by atoms with Gasteiger partial charge >= 0.3 is 0 Å². The predicted molar refractivity (Wildman–Crippen MR) is 97.5 cm³/mol. The molecule has 0 spiro atoms. The summed E-state index contributed by atoms with van der Waals surface area (Å²) >= 11 is 6.20. The fourth-order valence-corrected chi connectivity index (χ4v) is 3.36. The zero-order valence-electron chi connectivity index (χ0n) is 13.8. The minimum absolute atomic E-state index is 0. The Morgan fingerprint density at radius 1 is 1.42 bits per heavy atom. The molecule has 1 N–H and O–H groups in total. The fraction of sp³-hybridized carbons (Fsp3) is 0.412. The highest BCUT2D eigenvalue weighted by Crippen LogP contribution is 2.29. The van der Waals surface area contributed by atoms with E-state index in [-0.39, 0.29) is 30.2 Å². The number of amides is 1. The molecule has 7 heteroatoms. The van der Waals surface area contributed by atoms with E-state index in [9.17, 15) is 4.79 Å². The van der Waals surface area contributed by atoms with Crippen molar-refractivity contribution in [1.82, 2.24) is 20.0 Å². The minimum atomic E-state index is -0.0633. The molecule has 1 saturated heterocycles. The molecule has 0 bridgehead atoms. The average molecular weight is 369 g/mol. The molecule has 1 fully saturated rings. The molecule has 3 rings (SSSR count). The largest absolute Gasteiger partial charge is 0.341 e. The van der Waals surface area contributed by atoms with Crippen LogP contribution in [0, 0.1) is 5.92 Å². The summed E-state index contributed by atoms with van der Waals surface area (Å²) < 4.78 is 1.78. The maximum absolute atomic E-state index is 12.9. The molecule has 1 amide bonds. The van der Waals surface area contributed by atoms with E-state index in [1.54, 1.807) is 9.58 Å². The van der Waals surface area contributed by atoms with Gasteiger partial charge in [0.2, 0.25) is 5.91 Å². The molecule has 1 aromatic carbocycles. The van der Waals surface area contributed by atoms with Crippen molar-refractivity contribution in [3.8, 4) is 0 Å². The second-order valence-corrected chi connectivity index (χ2v) is 6.51. The third-order valence-electron chi connectivity index (χ3n) is 4.43. The Bertz CT molecular complexity index is 703. The number of hydrogen-bond donors (Lipinski definition) is 1. The highest BCUT2D eigenvalue weighted by molar-refractivity contribution is 6.31. The quantitative estimate of drug-likeness (QED) is 0.901. The van der Waals surface area contributed by atoms with Crippen molar-refractivity contribution >= 4 is 29.9 Å². The van der Waals surface area contributed by atoms with Gasteiger partial charge in [-0.25, -0.2) is 0 Å². The lowest BCUT2D eigenvalue weighted by molar-refractivity contribution is -0.134. The van der Waals surface area contributed by atoms with E-state index in [2.05, 4.69) is 10.4 Å². The lowest BCUT2D eigenvalue weighted by Gasteiger charge is -2.24. The van der Waals surface area contributed by atoms with Gasteiger partial charge in [0.05, 0.1) is 12.1 Å².